The fraction of sp³-hybridized carbons (Fsp3) is 0.391. The number of aryl methyl sites for hydroxylation is 1. The van der Waals surface area contributed by atoms with E-state index in [1.807, 2.05) is 24.3 Å². The average molecular weight is 382 g/mol. The average Bonchev–Trinajstić information content (AvgIpc) is 2.73. The van der Waals surface area contributed by atoms with Gasteiger partial charge in [-0.3, -0.25) is 9.59 Å². The largest absolute Gasteiger partial charge is 0.352 e. The van der Waals surface area contributed by atoms with E-state index < -0.39 is 0 Å². The quantitative estimate of drug-likeness (QED) is 0.775. The molecule has 1 saturated carbocycles. The summed E-state index contributed by atoms with van der Waals surface area (Å²) in [6, 6.07) is 14.0. The molecule has 0 atom stereocenters. The molecule has 0 aromatic heterocycles. The van der Waals surface area contributed by atoms with Gasteiger partial charge < -0.3 is 10.6 Å². The Morgan fingerprint density at radius 3 is 1.96 bits per heavy atom. The van der Waals surface area contributed by atoms with Crippen LogP contribution in [0.25, 0.3) is 0 Å². The lowest BCUT2D eigenvalue weighted by atomic mass is 9.81. The smallest absolute Gasteiger partial charge is 0.227 e. The molecule has 1 aliphatic carbocycles. The third-order valence-electron chi connectivity index (χ3n) is 5.48. The lowest BCUT2D eigenvalue weighted by Gasteiger charge is -2.27. The first-order valence-electron chi connectivity index (χ1n) is 9.97. The topological polar surface area (TPSA) is 58.2 Å². The van der Waals surface area contributed by atoms with Gasteiger partial charge in [0.25, 0.3) is 0 Å². The Labute approximate surface area is 165 Å². The van der Waals surface area contributed by atoms with Crippen molar-refractivity contribution in [1.29, 1.82) is 0 Å². The van der Waals surface area contributed by atoms with Crippen LogP contribution in [0.3, 0.4) is 0 Å². The number of benzene rings is 2. The third kappa shape index (κ3) is 5.41. The Balaban J connectivity index is 1.43. The van der Waals surface area contributed by atoms with Crippen LogP contribution in [-0.4, -0.2) is 11.8 Å². The van der Waals surface area contributed by atoms with Gasteiger partial charge in [0.1, 0.15) is 5.82 Å². The first kappa shape index (κ1) is 20.1. The molecule has 0 aliphatic heterocycles. The van der Waals surface area contributed by atoms with Crippen LogP contribution in [-0.2, 0) is 22.6 Å². The molecule has 4 nitrogen and oxygen atoms in total. The first-order chi connectivity index (χ1) is 13.5. The molecule has 148 valence electrons. The molecular weight excluding hydrogens is 355 g/mol. The minimum absolute atomic E-state index is 0.0123. The maximum Gasteiger partial charge on any atom is 0.227 e. The van der Waals surface area contributed by atoms with Crippen molar-refractivity contribution >= 4 is 17.5 Å². The van der Waals surface area contributed by atoms with Gasteiger partial charge in [-0.2, -0.15) is 0 Å². The van der Waals surface area contributed by atoms with Crippen LogP contribution in [0.5, 0.6) is 0 Å². The Hall–Kier alpha value is -2.69. The van der Waals surface area contributed by atoms with Crippen LogP contribution in [0.1, 0.15) is 43.7 Å². The van der Waals surface area contributed by atoms with Gasteiger partial charge in [0, 0.05) is 24.1 Å². The Bertz CT molecular complexity index is 794. The molecule has 0 spiro atoms. The molecular formula is C23H27FN2O2. The second kappa shape index (κ2) is 9.49. The van der Waals surface area contributed by atoms with Crippen molar-refractivity contribution in [2.75, 3.05) is 5.32 Å². The van der Waals surface area contributed by atoms with Crippen molar-refractivity contribution < 1.29 is 14.0 Å². The van der Waals surface area contributed by atoms with Crippen molar-refractivity contribution in [3.8, 4) is 0 Å². The van der Waals surface area contributed by atoms with Gasteiger partial charge in [-0.1, -0.05) is 31.2 Å². The van der Waals surface area contributed by atoms with Crippen LogP contribution < -0.4 is 10.6 Å². The second-order valence-corrected chi connectivity index (χ2v) is 7.43. The molecule has 1 aliphatic rings. The normalized spacial score (nSPS) is 19.1. The summed E-state index contributed by atoms with van der Waals surface area (Å²) in [6.45, 7) is 2.50. The summed E-state index contributed by atoms with van der Waals surface area (Å²) in [5, 5.41) is 5.91. The van der Waals surface area contributed by atoms with Gasteiger partial charge in [0.15, 0.2) is 0 Å². The predicted molar refractivity (Wildman–Crippen MR) is 108 cm³/mol. The highest BCUT2D eigenvalue weighted by atomic mass is 19.1. The molecule has 2 N–H and O–H groups in total. The first-order valence-corrected chi connectivity index (χ1v) is 9.97. The van der Waals surface area contributed by atoms with E-state index in [0.717, 1.165) is 17.7 Å². The summed E-state index contributed by atoms with van der Waals surface area (Å²) in [6.07, 6.45) is 3.83. The Morgan fingerprint density at radius 1 is 0.857 bits per heavy atom. The fourth-order valence-corrected chi connectivity index (χ4v) is 3.62. The monoisotopic (exact) mass is 382 g/mol. The lowest BCUT2D eigenvalue weighted by Crippen LogP contribution is -2.35. The third-order valence-corrected chi connectivity index (χ3v) is 5.48. The van der Waals surface area contributed by atoms with Crippen LogP contribution in [0.2, 0.25) is 0 Å². The van der Waals surface area contributed by atoms with Crippen molar-refractivity contribution in [2.45, 2.75) is 45.6 Å². The summed E-state index contributed by atoms with van der Waals surface area (Å²) in [4.78, 5) is 24.9. The number of carbonyl (C=O) groups is 2. The van der Waals surface area contributed by atoms with E-state index in [2.05, 4.69) is 17.6 Å². The van der Waals surface area contributed by atoms with Crippen molar-refractivity contribution in [3.05, 3.63) is 65.5 Å². The molecule has 3 rings (SSSR count). The molecule has 2 amide bonds. The van der Waals surface area contributed by atoms with E-state index in [1.165, 1.54) is 17.7 Å². The van der Waals surface area contributed by atoms with E-state index in [-0.39, 0.29) is 29.5 Å². The number of hydrogen-bond acceptors (Lipinski definition) is 2. The van der Waals surface area contributed by atoms with Crippen molar-refractivity contribution in [3.63, 3.8) is 0 Å². The Morgan fingerprint density at radius 2 is 1.39 bits per heavy atom. The van der Waals surface area contributed by atoms with Gasteiger partial charge in [0.05, 0.1) is 0 Å². The molecule has 2 aromatic carbocycles. The standard InChI is InChI=1S/C23H27FN2O2/c1-2-16-5-13-21(14-6-16)26-23(28)19-9-7-18(8-10-19)22(27)25-15-17-3-11-20(24)12-4-17/h3-6,11-14,18-19H,2,7-10,15H2,1H3,(H,25,27)(H,26,28). The van der Waals surface area contributed by atoms with E-state index in [9.17, 15) is 14.0 Å². The lowest BCUT2D eigenvalue weighted by molar-refractivity contribution is -0.128. The number of nitrogens with one attached hydrogen (secondary N) is 2. The van der Waals surface area contributed by atoms with Crippen LogP contribution >= 0.6 is 0 Å². The minimum Gasteiger partial charge on any atom is -0.352 e. The SMILES string of the molecule is CCc1ccc(NC(=O)C2CCC(C(=O)NCc3ccc(F)cc3)CC2)cc1. The molecule has 5 heteroatoms. The summed E-state index contributed by atoms with van der Waals surface area (Å²) in [7, 11) is 0. The van der Waals surface area contributed by atoms with Gasteiger partial charge in [0.2, 0.25) is 11.8 Å². The number of hydrogen-bond donors (Lipinski definition) is 2. The zero-order valence-electron chi connectivity index (χ0n) is 16.2. The van der Waals surface area contributed by atoms with E-state index in [4.69, 9.17) is 0 Å². The molecule has 28 heavy (non-hydrogen) atoms. The number of halogens is 1. The number of rotatable bonds is 6. The number of amides is 2. The second-order valence-electron chi connectivity index (χ2n) is 7.43. The molecule has 1 fully saturated rings. The van der Waals surface area contributed by atoms with E-state index in [0.29, 0.717) is 32.2 Å². The van der Waals surface area contributed by atoms with Crippen LogP contribution in [0.4, 0.5) is 10.1 Å². The maximum atomic E-state index is 12.9. The van der Waals surface area contributed by atoms with Gasteiger partial charge in [-0.25, -0.2) is 4.39 Å². The van der Waals surface area contributed by atoms with Gasteiger partial charge >= 0.3 is 0 Å². The summed E-state index contributed by atoms with van der Waals surface area (Å²) in [5.74, 6) is -0.346. The number of anilines is 1. The van der Waals surface area contributed by atoms with Crippen LogP contribution in [0, 0.1) is 17.7 Å². The molecule has 2 aromatic rings. The van der Waals surface area contributed by atoms with E-state index in [1.54, 1.807) is 12.1 Å². The fourth-order valence-electron chi connectivity index (χ4n) is 3.62. The van der Waals surface area contributed by atoms with Crippen molar-refractivity contribution in [1.82, 2.24) is 5.32 Å². The zero-order chi connectivity index (χ0) is 19.9. The van der Waals surface area contributed by atoms with Gasteiger partial charge in [-0.05, 0) is 67.5 Å². The highest BCUT2D eigenvalue weighted by Gasteiger charge is 2.29. The Kier molecular flexibility index (Phi) is 6.80. The molecule has 0 heterocycles. The zero-order valence-corrected chi connectivity index (χ0v) is 16.2. The van der Waals surface area contributed by atoms with Crippen LogP contribution in [0.15, 0.2) is 48.5 Å². The maximum absolute atomic E-state index is 12.9. The molecule has 0 saturated heterocycles. The molecule has 0 radical (unpaired) electrons. The van der Waals surface area contributed by atoms with Gasteiger partial charge in [-0.15, -0.1) is 0 Å². The molecule has 0 bridgehead atoms. The number of carbonyl (C=O) groups excluding carboxylic acids is 2. The van der Waals surface area contributed by atoms with Crippen molar-refractivity contribution in [2.24, 2.45) is 11.8 Å². The summed E-state index contributed by atoms with van der Waals surface area (Å²) < 4.78 is 12.9. The highest BCUT2D eigenvalue weighted by molar-refractivity contribution is 5.92. The summed E-state index contributed by atoms with van der Waals surface area (Å²) >= 11 is 0. The molecule has 0 unspecified atom stereocenters. The predicted octanol–water partition coefficient (Wildman–Crippen LogP) is 4.45. The summed E-state index contributed by atoms with van der Waals surface area (Å²) in [5.41, 5.74) is 2.93. The highest BCUT2D eigenvalue weighted by Crippen LogP contribution is 2.30. The minimum atomic E-state index is -0.284. The van der Waals surface area contributed by atoms with E-state index >= 15 is 0 Å².